The van der Waals surface area contributed by atoms with Crippen LogP contribution in [0.4, 0.5) is 10.2 Å². The van der Waals surface area contributed by atoms with Crippen molar-refractivity contribution in [2.24, 2.45) is 17.8 Å². The first-order valence-electron chi connectivity index (χ1n) is 7.83. The molecule has 0 saturated carbocycles. The standard InChI is InChI=1S/C16H26FN3O2/c1-9(2)8-11-13(10(3)4)16(5,17)14(22-11)20-7-6-12(18)19-15(20)21/h6-7,9-11,13-14H,8H2,1-5H3,(H2,18,19,21)/t11-,13-,14-,16-/m1/s1. The second kappa shape index (κ2) is 5.99. The molecule has 0 amide bonds. The molecular weight excluding hydrogens is 285 g/mol. The summed E-state index contributed by atoms with van der Waals surface area (Å²) in [7, 11) is 0. The van der Waals surface area contributed by atoms with E-state index in [1.807, 2.05) is 13.8 Å². The first-order valence-corrected chi connectivity index (χ1v) is 7.83. The van der Waals surface area contributed by atoms with E-state index in [4.69, 9.17) is 10.5 Å². The molecule has 0 unspecified atom stereocenters. The summed E-state index contributed by atoms with van der Waals surface area (Å²) in [5.41, 5.74) is 3.28. The molecule has 6 heteroatoms. The van der Waals surface area contributed by atoms with Crippen LogP contribution < -0.4 is 11.4 Å². The van der Waals surface area contributed by atoms with Gasteiger partial charge < -0.3 is 10.5 Å². The van der Waals surface area contributed by atoms with Crippen LogP contribution in [0.15, 0.2) is 17.1 Å². The molecule has 1 aromatic rings. The third kappa shape index (κ3) is 3.02. The number of nitrogens with two attached hydrogens (primary N) is 1. The number of nitrogens with zero attached hydrogens (tertiary/aromatic N) is 2. The molecule has 1 fully saturated rings. The van der Waals surface area contributed by atoms with Crippen LogP contribution >= 0.6 is 0 Å². The van der Waals surface area contributed by atoms with Crippen molar-refractivity contribution in [1.82, 2.24) is 9.55 Å². The minimum Gasteiger partial charge on any atom is -0.383 e. The lowest BCUT2D eigenvalue weighted by molar-refractivity contribution is -0.0535. The van der Waals surface area contributed by atoms with Crippen molar-refractivity contribution in [3.8, 4) is 0 Å². The number of rotatable bonds is 4. The lowest BCUT2D eigenvalue weighted by atomic mass is 9.77. The predicted molar refractivity (Wildman–Crippen MR) is 84.1 cm³/mol. The molecule has 4 atom stereocenters. The summed E-state index contributed by atoms with van der Waals surface area (Å²) in [6.45, 7) is 9.67. The maximum atomic E-state index is 15.5. The fraction of sp³-hybridized carbons (Fsp3) is 0.750. The Bertz CT molecular complexity index is 583. The van der Waals surface area contributed by atoms with Crippen LogP contribution in [-0.2, 0) is 4.74 Å². The summed E-state index contributed by atoms with van der Waals surface area (Å²) in [4.78, 5) is 15.7. The maximum absolute atomic E-state index is 15.5. The van der Waals surface area contributed by atoms with Crippen molar-refractivity contribution in [3.63, 3.8) is 0 Å². The summed E-state index contributed by atoms with van der Waals surface area (Å²) >= 11 is 0. The van der Waals surface area contributed by atoms with Gasteiger partial charge >= 0.3 is 5.69 Å². The first-order chi connectivity index (χ1) is 10.1. The lowest BCUT2D eigenvalue weighted by Crippen LogP contribution is -2.41. The highest BCUT2D eigenvalue weighted by atomic mass is 19.1. The average molecular weight is 311 g/mol. The zero-order valence-corrected chi connectivity index (χ0v) is 13.9. The van der Waals surface area contributed by atoms with Gasteiger partial charge in [0, 0.05) is 12.1 Å². The Kier molecular flexibility index (Phi) is 4.61. The van der Waals surface area contributed by atoms with Gasteiger partial charge in [0.05, 0.1) is 6.10 Å². The van der Waals surface area contributed by atoms with E-state index >= 15 is 4.39 Å². The highest BCUT2D eigenvalue weighted by molar-refractivity contribution is 5.23. The van der Waals surface area contributed by atoms with Gasteiger partial charge in [-0.25, -0.2) is 9.18 Å². The van der Waals surface area contributed by atoms with Gasteiger partial charge in [0.1, 0.15) is 5.82 Å². The van der Waals surface area contributed by atoms with Gasteiger partial charge in [-0.1, -0.05) is 27.7 Å². The van der Waals surface area contributed by atoms with Crippen molar-refractivity contribution in [2.45, 2.75) is 59.0 Å². The smallest absolute Gasteiger partial charge is 0.351 e. The molecule has 2 heterocycles. The van der Waals surface area contributed by atoms with Crippen LogP contribution in [0.1, 0.15) is 47.3 Å². The highest BCUT2D eigenvalue weighted by Crippen LogP contribution is 2.49. The van der Waals surface area contributed by atoms with Crippen LogP contribution in [0.5, 0.6) is 0 Å². The average Bonchev–Trinajstić information content (AvgIpc) is 2.59. The minimum atomic E-state index is -1.64. The molecule has 2 N–H and O–H groups in total. The molecule has 1 aliphatic heterocycles. The van der Waals surface area contributed by atoms with E-state index in [1.165, 1.54) is 23.8 Å². The Balaban J connectivity index is 2.42. The molecular formula is C16H26FN3O2. The molecule has 1 aliphatic rings. The van der Waals surface area contributed by atoms with E-state index in [1.54, 1.807) is 0 Å². The molecule has 5 nitrogen and oxygen atoms in total. The van der Waals surface area contributed by atoms with Crippen LogP contribution in [0.25, 0.3) is 0 Å². The number of aromatic nitrogens is 2. The Morgan fingerprint density at radius 3 is 2.59 bits per heavy atom. The number of ether oxygens (including phenoxy) is 1. The molecule has 124 valence electrons. The van der Waals surface area contributed by atoms with E-state index in [2.05, 4.69) is 18.8 Å². The molecule has 1 saturated heterocycles. The molecule has 0 aromatic carbocycles. The number of hydrogen-bond donors (Lipinski definition) is 1. The van der Waals surface area contributed by atoms with E-state index in [9.17, 15) is 4.79 Å². The van der Waals surface area contributed by atoms with E-state index < -0.39 is 17.6 Å². The number of alkyl halides is 1. The van der Waals surface area contributed by atoms with Crippen LogP contribution in [-0.4, -0.2) is 21.3 Å². The normalized spacial score (nSPS) is 32.1. The topological polar surface area (TPSA) is 70.1 Å². The number of anilines is 1. The Labute approximate surface area is 130 Å². The van der Waals surface area contributed by atoms with Gasteiger partial charge in [0.15, 0.2) is 11.9 Å². The van der Waals surface area contributed by atoms with E-state index in [0.717, 1.165) is 6.42 Å². The first kappa shape index (κ1) is 16.9. The summed E-state index contributed by atoms with van der Waals surface area (Å²) in [6.07, 6.45) is 1.03. The summed E-state index contributed by atoms with van der Waals surface area (Å²) < 4.78 is 22.7. The van der Waals surface area contributed by atoms with Gasteiger partial charge in [0.25, 0.3) is 0 Å². The highest BCUT2D eigenvalue weighted by Gasteiger charge is 2.56. The van der Waals surface area contributed by atoms with Gasteiger partial charge in [-0.2, -0.15) is 4.98 Å². The van der Waals surface area contributed by atoms with E-state index in [0.29, 0.717) is 5.92 Å². The second-order valence-corrected chi connectivity index (χ2v) is 7.12. The van der Waals surface area contributed by atoms with E-state index in [-0.39, 0.29) is 23.8 Å². The molecule has 2 rings (SSSR count). The monoisotopic (exact) mass is 311 g/mol. The fourth-order valence-electron chi connectivity index (χ4n) is 3.60. The van der Waals surface area contributed by atoms with Crippen molar-refractivity contribution in [1.29, 1.82) is 0 Å². The van der Waals surface area contributed by atoms with Crippen molar-refractivity contribution in [2.75, 3.05) is 5.73 Å². The maximum Gasteiger partial charge on any atom is 0.351 e. The quantitative estimate of drug-likeness (QED) is 0.928. The zero-order valence-electron chi connectivity index (χ0n) is 13.9. The third-order valence-electron chi connectivity index (χ3n) is 4.36. The number of halogens is 1. The fourth-order valence-corrected chi connectivity index (χ4v) is 3.60. The van der Waals surface area contributed by atoms with Gasteiger partial charge in [-0.15, -0.1) is 0 Å². The van der Waals surface area contributed by atoms with Crippen LogP contribution in [0.3, 0.4) is 0 Å². The second-order valence-electron chi connectivity index (χ2n) is 7.12. The Morgan fingerprint density at radius 1 is 1.45 bits per heavy atom. The molecule has 0 spiro atoms. The van der Waals surface area contributed by atoms with Gasteiger partial charge in [-0.3, -0.25) is 4.57 Å². The summed E-state index contributed by atoms with van der Waals surface area (Å²) in [6, 6.07) is 1.49. The molecule has 0 aliphatic carbocycles. The third-order valence-corrected chi connectivity index (χ3v) is 4.36. The Hall–Kier alpha value is -1.43. The predicted octanol–water partition coefficient (Wildman–Crippen LogP) is 2.77. The van der Waals surface area contributed by atoms with Gasteiger partial charge in [-0.05, 0) is 31.2 Å². The van der Waals surface area contributed by atoms with Crippen LogP contribution in [0, 0.1) is 17.8 Å². The van der Waals surface area contributed by atoms with Crippen molar-refractivity contribution < 1.29 is 9.13 Å². The van der Waals surface area contributed by atoms with Crippen LogP contribution in [0.2, 0.25) is 0 Å². The summed E-state index contributed by atoms with van der Waals surface area (Å²) in [5.74, 6) is 0.353. The van der Waals surface area contributed by atoms with Gasteiger partial charge in [0.2, 0.25) is 0 Å². The van der Waals surface area contributed by atoms with Crippen molar-refractivity contribution >= 4 is 5.82 Å². The largest absolute Gasteiger partial charge is 0.383 e. The number of hydrogen-bond acceptors (Lipinski definition) is 4. The zero-order chi connectivity index (χ0) is 16.7. The molecule has 1 aromatic heterocycles. The lowest BCUT2D eigenvalue weighted by Gasteiger charge is -2.31. The molecule has 0 bridgehead atoms. The SMILES string of the molecule is CC(C)C[C@H]1O[C@@H](n2ccc(N)nc2=O)[C@](C)(F)[C@@H]1C(C)C. The molecule has 22 heavy (non-hydrogen) atoms. The summed E-state index contributed by atoms with van der Waals surface area (Å²) in [5, 5.41) is 0. The number of nitrogen functional groups attached to an aromatic ring is 1. The minimum absolute atomic E-state index is 0.112. The Morgan fingerprint density at radius 2 is 2.09 bits per heavy atom. The molecule has 0 radical (unpaired) electrons. The van der Waals surface area contributed by atoms with Crippen molar-refractivity contribution in [3.05, 3.63) is 22.7 Å².